The van der Waals surface area contributed by atoms with E-state index in [2.05, 4.69) is 5.32 Å². The van der Waals surface area contributed by atoms with Gasteiger partial charge >= 0.3 is 5.76 Å². The van der Waals surface area contributed by atoms with Crippen LogP contribution in [0, 0.1) is 0 Å². The molecule has 0 aliphatic heterocycles. The summed E-state index contributed by atoms with van der Waals surface area (Å²) in [5.74, 6) is -0.340. The van der Waals surface area contributed by atoms with E-state index in [0.29, 0.717) is 12.1 Å². The molecular formula is C14H20N2O3. The first-order valence-electron chi connectivity index (χ1n) is 6.38. The second-order valence-electron chi connectivity index (χ2n) is 5.47. The minimum absolute atomic E-state index is 0.340. The van der Waals surface area contributed by atoms with Crippen LogP contribution in [0.25, 0.3) is 11.1 Å². The van der Waals surface area contributed by atoms with E-state index in [4.69, 9.17) is 4.42 Å². The molecule has 0 unspecified atom stereocenters. The molecule has 0 saturated heterocycles. The van der Waals surface area contributed by atoms with Gasteiger partial charge in [0.15, 0.2) is 5.58 Å². The highest BCUT2D eigenvalue weighted by Crippen LogP contribution is 2.14. The van der Waals surface area contributed by atoms with Crippen molar-refractivity contribution < 1.29 is 9.52 Å². The van der Waals surface area contributed by atoms with Crippen LogP contribution in [-0.2, 0) is 13.5 Å². The van der Waals surface area contributed by atoms with Gasteiger partial charge in [0.2, 0.25) is 0 Å². The normalized spacial score (nSPS) is 12.2. The van der Waals surface area contributed by atoms with Gasteiger partial charge in [-0.3, -0.25) is 4.57 Å². The van der Waals surface area contributed by atoms with E-state index >= 15 is 0 Å². The number of nitrogens with zero attached hydrogens (tertiary/aromatic N) is 1. The number of oxazole rings is 1. The summed E-state index contributed by atoms with van der Waals surface area (Å²) in [6.07, 6.45) is 0.824. The molecule has 5 nitrogen and oxygen atoms in total. The second kappa shape index (κ2) is 5.19. The van der Waals surface area contributed by atoms with E-state index in [9.17, 15) is 9.90 Å². The summed E-state index contributed by atoms with van der Waals surface area (Å²) >= 11 is 0. The zero-order valence-electron chi connectivity index (χ0n) is 11.6. The predicted octanol–water partition coefficient (Wildman–Crippen LogP) is 1.03. The van der Waals surface area contributed by atoms with Gasteiger partial charge in [0.05, 0.1) is 11.1 Å². The van der Waals surface area contributed by atoms with Crippen LogP contribution in [0.3, 0.4) is 0 Å². The lowest BCUT2D eigenvalue weighted by Crippen LogP contribution is -2.35. The summed E-state index contributed by atoms with van der Waals surface area (Å²) in [5, 5.41) is 12.8. The lowest BCUT2D eigenvalue weighted by Gasteiger charge is -2.17. The summed E-state index contributed by atoms with van der Waals surface area (Å²) in [6.45, 7) is 4.86. The summed E-state index contributed by atoms with van der Waals surface area (Å²) in [7, 11) is 1.69. The van der Waals surface area contributed by atoms with Crippen molar-refractivity contribution in [3.05, 3.63) is 34.3 Å². The Morgan fingerprint density at radius 3 is 2.84 bits per heavy atom. The molecule has 2 aromatic rings. The smallest absolute Gasteiger partial charge is 0.408 e. The van der Waals surface area contributed by atoms with Gasteiger partial charge in [-0.05, 0) is 44.5 Å². The van der Waals surface area contributed by atoms with Crippen molar-refractivity contribution in [2.75, 3.05) is 13.1 Å². The fraction of sp³-hybridized carbons (Fsp3) is 0.500. The number of hydrogen-bond acceptors (Lipinski definition) is 4. The summed E-state index contributed by atoms with van der Waals surface area (Å²) in [6, 6.07) is 5.77. The van der Waals surface area contributed by atoms with Gasteiger partial charge in [-0.15, -0.1) is 0 Å². The molecule has 2 rings (SSSR count). The molecule has 0 fully saturated rings. The van der Waals surface area contributed by atoms with Crippen LogP contribution in [0.4, 0.5) is 0 Å². The van der Waals surface area contributed by atoms with E-state index in [1.165, 1.54) is 4.57 Å². The predicted molar refractivity (Wildman–Crippen MR) is 74.3 cm³/mol. The molecule has 1 heterocycles. The van der Waals surface area contributed by atoms with Crippen LogP contribution in [0.5, 0.6) is 0 Å². The summed E-state index contributed by atoms with van der Waals surface area (Å²) in [4.78, 5) is 11.4. The fourth-order valence-electron chi connectivity index (χ4n) is 1.96. The molecule has 1 aromatic heterocycles. The van der Waals surface area contributed by atoms with Crippen molar-refractivity contribution in [2.24, 2.45) is 7.05 Å². The summed E-state index contributed by atoms with van der Waals surface area (Å²) in [5.41, 5.74) is 1.83. The van der Waals surface area contributed by atoms with Gasteiger partial charge in [0.25, 0.3) is 0 Å². The number of aliphatic hydroxyl groups is 1. The van der Waals surface area contributed by atoms with E-state index in [0.717, 1.165) is 24.0 Å². The first-order chi connectivity index (χ1) is 8.87. The SMILES string of the molecule is Cn1c(=O)oc2cc(CCNCC(C)(C)O)ccc21. The van der Waals surface area contributed by atoms with E-state index < -0.39 is 5.60 Å². The lowest BCUT2D eigenvalue weighted by molar-refractivity contribution is 0.0801. The highest BCUT2D eigenvalue weighted by atomic mass is 16.4. The maximum atomic E-state index is 11.4. The highest BCUT2D eigenvalue weighted by Gasteiger charge is 2.11. The van der Waals surface area contributed by atoms with Crippen LogP contribution < -0.4 is 11.1 Å². The third-order valence-electron chi connectivity index (χ3n) is 3.00. The van der Waals surface area contributed by atoms with Gasteiger partial charge in [-0.25, -0.2) is 4.79 Å². The van der Waals surface area contributed by atoms with Gasteiger partial charge < -0.3 is 14.8 Å². The van der Waals surface area contributed by atoms with Crippen molar-refractivity contribution in [1.29, 1.82) is 0 Å². The van der Waals surface area contributed by atoms with Crippen LogP contribution in [0.1, 0.15) is 19.4 Å². The Morgan fingerprint density at radius 2 is 2.16 bits per heavy atom. The Balaban J connectivity index is 2.00. The fourth-order valence-corrected chi connectivity index (χ4v) is 1.96. The van der Waals surface area contributed by atoms with Crippen molar-refractivity contribution in [3.63, 3.8) is 0 Å². The molecule has 104 valence electrons. The number of aromatic nitrogens is 1. The van der Waals surface area contributed by atoms with E-state index in [1.807, 2.05) is 18.2 Å². The number of rotatable bonds is 5. The number of aryl methyl sites for hydroxylation is 1. The Morgan fingerprint density at radius 1 is 1.42 bits per heavy atom. The molecule has 0 radical (unpaired) electrons. The number of nitrogens with one attached hydrogen (secondary N) is 1. The standard InChI is InChI=1S/C14H20N2O3/c1-14(2,18)9-15-7-6-10-4-5-11-12(8-10)19-13(17)16(11)3/h4-5,8,15,18H,6-7,9H2,1-3H3. The molecule has 0 saturated carbocycles. The zero-order chi connectivity index (χ0) is 14.0. The average Bonchev–Trinajstić information content (AvgIpc) is 2.59. The lowest BCUT2D eigenvalue weighted by atomic mass is 10.1. The van der Waals surface area contributed by atoms with E-state index in [1.54, 1.807) is 20.9 Å². The van der Waals surface area contributed by atoms with E-state index in [-0.39, 0.29) is 5.76 Å². The first kappa shape index (κ1) is 13.8. The Kier molecular flexibility index (Phi) is 3.78. The van der Waals surface area contributed by atoms with Crippen LogP contribution >= 0.6 is 0 Å². The van der Waals surface area contributed by atoms with Crippen LogP contribution in [-0.4, -0.2) is 28.4 Å². The van der Waals surface area contributed by atoms with Crippen molar-refractivity contribution >= 4 is 11.1 Å². The zero-order valence-corrected chi connectivity index (χ0v) is 11.6. The molecule has 5 heteroatoms. The van der Waals surface area contributed by atoms with Gasteiger partial charge in [0.1, 0.15) is 0 Å². The number of fused-ring (bicyclic) bond motifs is 1. The largest absolute Gasteiger partial charge is 0.419 e. The van der Waals surface area contributed by atoms with Gasteiger partial charge in [0, 0.05) is 13.6 Å². The van der Waals surface area contributed by atoms with Gasteiger partial charge in [-0.1, -0.05) is 6.07 Å². The Bertz CT molecular complexity index is 620. The highest BCUT2D eigenvalue weighted by molar-refractivity contribution is 5.73. The van der Waals surface area contributed by atoms with Crippen molar-refractivity contribution in [3.8, 4) is 0 Å². The monoisotopic (exact) mass is 264 g/mol. The maximum absolute atomic E-state index is 11.4. The molecule has 0 aliphatic rings. The molecule has 0 aliphatic carbocycles. The van der Waals surface area contributed by atoms with Gasteiger partial charge in [-0.2, -0.15) is 0 Å². The Hall–Kier alpha value is -1.59. The second-order valence-corrected chi connectivity index (χ2v) is 5.47. The van der Waals surface area contributed by atoms with Crippen molar-refractivity contribution in [1.82, 2.24) is 9.88 Å². The summed E-state index contributed by atoms with van der Waals surface area (Å²) < 4.78 is 6.64. The molecule has 0 amide bonds. The minimum Gasteiger partial charge on any atom is -0.408 e. The third-order valence-corrected chi connectivity index (χ3v) is 3.00. The quantitative estimate of drug-likeness (QED) is 0.792. The van der Waals surface area contributed by atoms with Crippen LogP contribution in [0.15, 0.2) is 27.4 Å². The number of hydrogen-bond donors (Lipinski definition) is 2. The number of benzene rings is 1. The molecule has 0 bridgehead atoms. The molecule has 0 atom stereocenters. The molecule has 0 spiro atoms. The van der Waals surface area contributed by atoms with Crippen LogP contribution in [0.2, 0.25) is 0 Å². The minimum atomic E-state index is -0.698. The molecule has 2 N–H and O–H groups in total. The maximum Gasteiger partial charge on any atom is 0.419 e. The average molecular weight is 264 g/mol. The molecule has 19 heavy (non-hydrogen) atoms. The first-order valence-corrected chi connectivity index (χ1v) is 6.38. The molecular weight excluding hydrogens is 244 g/mol. The third kappa shape index (κ3) is 3.45. The van der Waals surface area contributed by atoms with Crippen molar-refractivity contribution in [2.45, 2.75) is 25.9 Å². The Labute approximate surface area is 111 Å². The topological polar surface area (TPSA) is 67.4 Å². The molecule has 1 aromatic carbocycles.